The van der Waals surface area contributed by atoms with Gasteiger partial charge < -0.3 is 10.3 Å². The molecule has 3 rings (SSSR count). The Labute approximate surface area is 148 Å². The van der Waals surface area contributed by atoms with Crippen molar-refractivity contribution in [2.75, 3.05) is 0 Å². The molecule has 0 aliphatic rings. The first kappa shape index (κ1) is 17.0. The number of benzene rings is 2. The summed E-state index contributed by atoms with van der Waals surface area (Å²) < 4.78 is 14.8. The normalized spacial score (nSPS) is 10.8. The molecular weight excluding hydrogens is 341 g/mol. The zero-order chi connectivity index (χ0) is 17.8. The van der Waals surface area contributed by atoms with E-state index < -0.39 is 0 Å². The standard InChI is InChI=1S/C18H16FN3O2S/c19-13-5-3-4-12(10-13)11-20-16(23)8-9-22-17(24)14-6-1-2-7-15(14)21-18(22)25/h1-7,10H,8-9,11H2,(H,20,23)(H,21,25). The second-order valence-corrected chi connectivity index (χ2v) is 5.98. The predicted molar refractivity (Wildman–Crippen MR) is 96.3 cm³/mol. The molecule has 0 bridgehead atoms. The van der Waals surface area contributed by atoms with Crippen molar-refractivity contribution in [1.29, 1.82) is 0 Å². The molecule has 1 heterocycles. The van der Waals surface area contributed by atoms with Crippen molar-refractivity contribution in [2.24, 2.45) is 0 Å². The van der Waals surface area contributed by atoms with Crippen LogP contribution in [0.4, 0.5) is 4.39 Å². The number of aromatic amines is 1. The van der Waals surface area contributed by atoms with E-state index in [2.05, 4.69) is 10.3 Å². The van der Waals surface area contributed by atoms with Crippen LogP contribution in [0, 0.1) is 10.6 Å². The molecule has 0 fully saturated rings. The van der Waals surface area contributed by atoms with Crippen LogP contribution in [0.3, 0.4) is 0 Å². The van der Waals surface area contributed by atoms with Gasteiger partial charge in [-0.25, -0.2) is 4.39 Å². The van der Waals surface area contributed by atoms with Crippen molar-refractivity contribution >= 4 is 29.0 Å². The fourth-order valence-electron chi connectivity index (χ4n) is 2.55. The van der Waals surface area contributed by atoms with E-state index in [0.717, 1.165) is 0 Å². The molecule has 2 aromatic carbocycles. The van der Waals surface area contributed by atoms with Gasteiger partial charge in [-0.15, -0.1) is 0 Å². The van der Waals surface area contributed by atoms with Crippen molar-refractivity contribution in [1.82, 2.24) is 14.9 Å². The van der Waals surface area contributed by atoms with E-state index in [1.807, 2.05) is 6.07 Å². The van der Waals surface area contributed by atoms with Crippen molar-refractivity contribution in [2.45, 2.75) is 19.5 Å². The van der Waals surface area contributed by atoms with E-state index in [1.165, 1.54) is 16.7 Å². The third kappa shape index (κ3) is 4.00. The Balaban J connectivity index is 1.67. The zero-order valence-corrected chi connectivity index (χ0v) is 14.1. The van der Waals surface area contributed by atoms with Crippen molar-refractivity contribution in [3.05, 3.63) is 75.0 Å². The first-order valence-corrected chi connectivity index (χ1v) is 8.18. The number of amides is 1. The summed E-state index contributed by atoms with van der Waals surface area (Å²) in [5.41, 5.74) is 1.12. The van der Waals surface area contributed by atoms with Crippen LogP contribution >= 0.6 is 12.2 Å². The maximum atomic E-state index is 13.1. The van der Waals surface area contributed by atoms with Crippen LogP contribution < -0.4 is 10.9 Å². The van der Waals surface area contributed by atoms with Gasteiger partial charge in [0.1, 0.15) is 5.82 Å². The third-order valence-electron chi connectivity index (χ3n) is 3.83. The van der Waals surface area contributed by atoms with Gasteiger partial charge in [-0.1, -0.05) is 24.3 Å². The molecule has 0 aliphatic carbocycles. The fraction of sp³-hybridized carbons (Fsp3) is 0.167. The quantitative estimate of drug-likeness (QED) is 0.690. The number of hydrogen-bond donors (Lipinski definition) is 2. The molecule has 3 aromatic rings. The molecule has 7 heteroatoms. The SMILES string of the molecule is O=C(CCn1c(=S)[nH]c2ccccc2c1=O)NCc1cccc(F)c1. The Bertz CT molecular complexity index is 1040. The first-order chi connectivity index (χ1) is 12.0. The van der Waals surface area contributed by atoms with E-state index in [0.29, 0.717) is 16.5 Å². The molecule has 0 spiro atoms. The van der Waals surface area contributed by atoms with Gasteiger partial charge in [0.2, 0.25) is 5.91 Å². The Hall–Kier alpha value is -2.80. The van der Waals surface area contributed by atoms with Crippen molar-refractivity contribution in [3.63, 3.8) is 0 Å². The highest BCUT2D eigenvalue weighted by Gasteiger charge is 2.08. The molecule has 1 aromatic heterocycles. The Morgan fingerprint density at radius 1 is 1.20 bits per heavy atom. The smallest absolute Gasteiger partial charge is 0.262 e. The maximum Gasteiger partial charge on any atom is 0.262 e. The molecule has 5 nitrogen and oxygen atoms in total. The molecule has 2 N–H and O–H groups in total. The summed E-state index contributed by atoms with van der Waals surface area (Å²) >= 11 is 5.21. The lowest BCUT2D eigenvalue weighted by molar-refractivity contribution is -0.121. The zero-order valence-electron chi connectivity index (χ0n) is 13.3. The summed E-state index contributed by atoms with van der Waals surface area (Å²) in [5, 5.41) is 3.23. The maximum absolute atomic E-state index is 13.1. The number of para-hydroxylation sites is 1. The largest absolute Gasteiger partial charge is 0.352 e. The minimum absolute atomic E-state index is 0.102. The lowest BCUT2D eigenvalue weighted by atomic mass is 10.2. The Kier molecular flexibility index (Phi) is 5.04. The third-order valence-corrected chi connectivity index (χ3v) is 4.15. The first-order valence-electron chi connectivity index (χ1n) is 7.77. The summed E-state index contributed by atoms with van der Waals surface area (Å²) in [6.45, 7) is 0.407. The van der Waals surface area contributed by atoms with E-state index in [4.69, 9.17) is 12.2 Å². The molecule has 0 aliphatic heterocycles. The molecule has 128 valence electrons. The minimum Gasteiger partial charge on any atom is -0.352 e. The average Bonchev–Trinajstić information content (AvgIpc) is 2.60. The monoisotopic (exact) mass is 357 g/mol. The number of H-pyrrole nitrogens is 1. The molecule has 0 saturated heterocycles. The van der Waals surface area contributed by atoms with Gasteiger partial charge >= 0.3 is 0 Å². The summed E-state index contributed by atoms with van der Waals surface area (Å²) in [5.74, 6) is -0.584. The molecule has 1 amide bonds. The van der Waals surface area contributed by atoms with E-state index >= 15 is 0 Å². The molecule has 25 heavy (non-hydrogen) atoms. The molecule has 0 radical (unpaired) electrons. The van der Waals surface area contributed by atoms with Crippen molar-refractivity contribution in [3.8, 4) is 0 Å². The van der Waals surface area contributed by atoms with Gasteiger partial charge in [0, 0.05) is 19.5 Å². The number of carbonyl (C=O) groups excluding carboxylic acids is 1. The van der Waals surface area contributed by atoms with Crippen LogP contribution in [0.25, 0.3) is 10.9 Å². The molecule has 0 saturated carbocycles. The van der Waals surface area contributed by atoms with E-state index in [1.54, 1.807) is 30.3 Å². The Morgan fingerprint density at radius 3 is 2.80 bits per heavy atom. The van der Waals surface area contributed by atoms with Gasteiger partial charge in [-0.2, -0.15) is 0 Å². The van der Waals surface area contributed by atoms with Crippen LogP contribution in [0.1, 0.15) is 12.0 Å². The molecular formula is C18H16FN3O2S. The second kappa shape index (κ2) is 7.40. The number of nitrogens with zero attached hydrogens (tertiary/aromatic N) is 1. The summed E-state index contributed by atoms with van der Waals surface area (Å²) in [6, 6.07) is 13.1. The Morgan fingerprint density at radius 2 is 2.00 bits per heavy atom. The predicted octanol–water partition coefficient (Wildman–Crippen LogP) is 2.90. The van der Waals surface area contributed by atoms with E-state index in [-0.39, 0.29) is 41.6 Å². The summed E-state index contributed by atoms with van der Waals surface area (Å²) in [6.07, 6.45) is 0.102. The van der Waals surface area contributed by atoms with Crippen LogP contribution in [0.2, 0.25) is 0 Å². The number of aromatic nitrogens is 2. The lowest BCUT2D eigenvalue weighted by Crippen LogP contribution is -2.28. The van der Waals surface area contributed by atoms with Crippen LogP contribution in [0.5, 0.6) is 0 Å². The second-order valence-electron chi connectivity index (χ2n) is 5.59. The average molecular weight is 357 g/mol. The van der Waals surface area contributed by atoms with Gasteiger partial charge in [0.25, 0.3) is 5.56 Å². The van der Waals surface area contributed by atoms with Gasteiger partial charge in [-0.3, -0.25) is 14.2 Å². The highest BCUT2D eigenvalue weighted by Crippen LogP contribution is 2.06. The topological polar surface area (TPSA) is 66.9 Å². The summed E-state index contributed by atoms with van der Waals surface area (Å²) in [7, 11) is 0. The number of carbonyl (C=O) groups is 1. The van der Waals surface area contributed by atoms with Gasteiger partial charge in [0.15, 0.2) is 4.77 Å². The van der Waals surface area contributed by atoms with Gasteiger partial charge in [-0.05, 0) is 42.0 Å². The number of hydrogen-bond acceptors (Lipinski definition) is 3. The highest BCUT2D eigenvalue weighted by molar-refractivity contribution is 7.71. The number of rotatable bonds is 5. The van der Waals surface area contributed by atoms with E-state index in [9.17, 15) is 14.0 Å². The van der Waals surface area contributed by atoms with Gasteiger partial charge in [0.05, 0.1) is 10.9 Å². The van der Waals surface area contributed by atoms with Crippen LogP contribution in [-0.4, -0.2) is 15.5 Å². The minimum atomic E-state index is -0.347. The summed E-state index contributed by atoms with van der Waals surface area (Å²) in [4.78, 5) is 27.5. The molecule has 0 atom stereocenters. The van der Waals surface area contributed by atoms with Crippen molar-refractivity contribution < 1.29 is 9.18 Å². The van der Waals surface area contributed by atoms with Crippen LogP contribution in [-0.2, 0) is 17.9 Å². The number of nitrogens with one attached hydrogen (secondary N) is 2. The van der Waals surface area contributed by atoms with Crippen LogP contribution in [0.15, 0.2) is 53.3 Å². The highest BCUT2D eigenvalue weighted by atomic mass is 32.1. The fourth-order valence-corrected chi connectivity index (χ4v) is 2.84. The number of fused-ring (bicyclic) bond motifs is 1. The number of halogens is 1. The lowest BCUT2D eigenvalue weighted by Gasteiger charge is -2.09. The molecule has 0 unspecified atom stereocenters.